The zero-order valence-corrected chi connectivity index (χ0v) is 13.6. The normalized spacial score (nSPS) is 11.6. The standard InChI is InChI=1S/C13H9BrClF2NO2S/c14-9-3-1-2-4-12(9)21(19,20)18-7-8-10(16)5-6-11(17)13(8)15/h1-6,18H,7H2. The van der Waals surface area contributed by atoms with E-state index in [1.165, 1.54) is 6.07 Å². The Kier molecular flexibility index (Phi) is 4.98. The van der Waals surface area contributed by atoms with E-state index in [2.05, 4.69) is 20.7 Å². The van der Waals surface area contributed by atoms with Gasteiger partial charge in [-0.1, -0.05) is 23.7 Å². The van der Waals surface area contributed by atoms with Gasteiger partial charge in [-0.15, -0.1) is 0 Å². The maximum absolute atomic E-state index is 13.6. The van der Waals surface area contributed by atoms with Crippen molar-refractivity contribution in [1.29, 1.82) is 0 Å². The van der Waals surface area contributed by atoms with Gasteiger partial charge in [0.25, 0.3) is 0 Å². The van der Waals surface area contributed by atoms with E-state index < -0.39 is 33.2 Å². The molecule has 112 valence electrons. The number of hydrogen-bond donors (Lipinski definition) is 1. The van der Waals surface area contributed by atoms with Crippen LogP contribution in [0.4, 0.5) is 8.78 Å². The topological polar surface area (TPSA) is 46.2 Å². The third kappa shape index (κ3) is 3.60. The SMILES string of the molecule is O=S(=O)(NCc1c(F)ccc(F)c1Cl)c1ccccc1Br. The van der Waals surface area contributed by atoms with E-state index in [4.69, 9.17) is 11.6 Å². The molecule has 0 aromatic heterocycles. The van der Waals surface area contributed by atoms with Crippen LogP contribution >= 0.6 is 27.5 Å². The van der Waals surface area contributed by atoms with Crippen LogP contribution < -0.4 is 4.72 Å². The summed E-state index contributed by atoms with van der Waals surface area (Å²) < 4.78 is 53.7. The van der Waals surface area contributed by atoms with E-state index in [0.29, 0.717) is 4.47 Å². The van der Waals surface area contributed by atoms with Gasteiger partial charge in [0.05, 0.1) is 9.92 Å². The molecule has 0 spiro atoms. The molecule has 0 heterocycles. The Hall–Kier alpha value is -1.02. The molecule has 0 atom stereocenters. The predicted molar refractivity (Wildman–Crippen MR) is 79.5 cm³/mol. The summed E-state index contributed by atoms with van der Waals surface area (Å²) in [5, 5.41) is -0.440. The third-order valence-electron chi connectivity index (χ3n) is 2.70. The van der Waals surface area contributed by atoms with Gasteiger partial charge in [-0.2, -0.15) is 0 Å². The number of rotatable bonds is 4. The highest BCUT2D eigenvalue weighted by Gasteiger charge is 2.19. The van der Waals surface area contributed by atoms with E-state index in [1.54, 1.807) is 18.2 Å². The molecule has 0 unspecified atom stereocenters. The van der Waals surface area contributed by atoms with Gasteiger partial charge in [-0.05, 0) is 40.2 Å². The van der Waals surface area contributed by atoms with Gasteiger partial charge in [-0.3, -0.25) is 0 Å². The van der Waals surface area contributed by atoms with Crippen LogP contribution in [0.3, 0.4) is 0 Å². The maximum atomic E-state index is 13.6. The second-order valence-electron chi connectivity index (χ2n) is 4.08. The van der Waals surface area contributed by atoms with Crippen molar-refractivity contribution in [2.75, 3.05) is 0 Å². The van der Waals surface area contributed by atoms with E-state index in [-0.39, 0.29) is 10.5 Å². The Balaban J connectivity index is 2.28. The summed E-state index contributed by atoms with van der Waals surface area (Å²) >= 11 is 8.77. The molecule has 0 aliphatic carbocycles. The lowest BCUT2D eigenvalue weighted by Crippen LogP contribution is -2.24. The quantitative estimate of drug-likeness (QED) is 0.798. The Morgan fingerprint density at radius 2 is 1.71 bits per heavy atom. The van der Waals surface area contributed by atoms with Crippen molar-refractivity contribution in [3.05, 3.63) is 63.1 Å². The van der Waals surface area contributed by atoms with Crippen LogP contribution in [0.15, 0.2) is 45.8 Å². The van der Waals surface area contributed by atoms with Crippen molar-refractivity contribution in [3.8, 4) is 0 Å². The van der Waals surface area contributed by atoms with Crippen LogP contribution in [-0.4, -0.2) is 8.42 Å². The highest BCUT2D eigenvalue weighted by Crippen LogP contribution is 2.24. The van der Waals surface area contributed by atoms with Crippen molar-refractivity contribution >= 4 is 37.6 Å². The van der Waals surface area contributed by atoms with Gasteiger partial charge >= 0.3 is 0 Å². The minimum absolute atomic E-state index is 0.00191. The smallest absolute Gasteiger partial charge is 0.207 e. The number of nitrogens with one attached hydrogen (secondary N) is 1. The number of benzene rings is 2. The number of hydrogen-bond acceptors (Lipinski definition) is 2. The summed E-state index contributed by atoms with van der Waals surface area (Å²) in [6.45, 7) is -0.452. The maximum Gasteiger partial charge on any atom is 0.241 e. The Bertz CT molecular complexity index is 784. The van der Waals surface area contributed by atoms with E-state index >= 15 is 0 Å². The fourth-order valence-electron chi connectivity index (χ4n) is 1.64. The van der Waals surface area contributed by atoms with E-state index in [9.17, 15) is 17.2 Å². The molecule has 0 radical (unpaired) electrons. The molecule has 1 N–H and O–H groups in total. The molecule has 0 amide bonds. The second-order valence-corrected chi connectivity index (χ2v) is 7.04. The molecule has 2 rings (SSSR count). The molecule has 0 aliphatic heterocycles. The monoisotopic (exact) mass is 395 g/mol. The highest BCUT2D eigenvalue weighted by molar-refractivity contribution is 9.10. The van der Waals surface area contributed by atoms with E-state index in [1.807, 2.05) is 0 Å². The molecule has 0 saturated carbocycles. The first kappa shape index (κ1) is 16.4. The fraction of sp³-hybridized carbons (Fsp3) is 0.0769. The molecule has 21 heavy (non-hydrogen) atoms. The van der Waals surface area contributed by atoms with Crippen molar-refractivity contribution in [1.82, 2.24) is 4.72 Å². The fourth-order valence-corrected chi connectivity index (χ4v) is 3.86. The zero-order valence-electron chi connectivity index (χ0n) is 10.4. The van der Waals surface area contributed by atoms with Crippen LogP contribution in [0.5, 0.6) is 0 Å². The first-order valence-corrected chi connectivity index (χ1v) is 8.35. The minimum atomic E-state index is -3.88. The first-order chi connectivity index (χ1) is 9.83. The minimum Gasteiger partial charge on any atom is -0.207 e. The summed E-state index contributed by atoms with van der Waals surface area (Å²) in [6.07, 6.45) is 0. The van der Waals surface area contributed by atoms with Gasteiger partial charge < -0.3 is 0 Å². The summed E-state index contributed by atoms with van der Waals surface area (Å²) in [7, 11) is -3.88. The van der Waals surface area contributed by atoms with Crippen LogP contribution in [0.1, 0.15) is 5.56 Å². The van der Waals surface area contributed by atoms with Crippen LogP contribution in [0.25, 0.3) is 0 Å². The summed E-state index contributed by atoms with van der Waals surface area (Å²) in [5.41, 5.74) is -0.243. The average molecular weight is 397 g/mol. The lowest BCUT2D eigenvalue weighted by Gasteiger charge is -2.10. The number of sulfonamides is 1. The van der Waals surface area contributed by atoms with Crippen molar-refractivity contribution in [2.45, 2.75) is 11.4 Å². The molecule has 0 saturated heterocycles. The van der Waals surface area contributed by atoms with Crippen LogP contribution in [-0.2, 0) is 16.6 Å². The Morgan fingerprint density at radius 1 is 1.10 bits per heavy atom. The van der Waals surface area contributed by atoms with Crippen LogP contribution in [0.2, 0.25) is 5.02 Å². The molecule has 0 fully saturated rings. The summed E-state index contributed by atoms with van der Waals surface area (Å²) in [4.78, 5) is -0.00191. The largest absolute Gasteiger partial charge is 0.241 e. The molecule has 2 aromatic carbocycles. The first-order valence-electron chi connectivity index (χ1n) is 5.69. The Labute approximate surface area is 134 Å². The third-order valence-corrected chi connectivity index (χ3v) is 5.53. The second kappa shape index (κ2) is 6.39. The van der Waals surface area contributed by atoms with Gasteiger partial charge in [-0.25, -0.2) is 21.9 Å². The van der Waals surface area contributed by atoms with Crippen LogP contribution in [0, 0.1) is 11.6 Å². The van der Waals surface area contributed by atoms with Crippen molar-refractivity contribution in [3.63, 3.8) is 0 Å². The molecule has 0 bridgehead atoms. The molecule has 3 nitrogen and oxygen atoms in total. The highest BCUT2D eigenvalue weighted by atomic mass is 79.9. The molecule has 8 heteroatoms. The van der Waals surface area contributed by atoms with Crippen molar-refractivity contribution in [2.24, 2.45) is 0 Å². The van der Waals surface area contributed by atoms with Crippen molar-refractivity contribution < 1.29 is 17.2 Å². The zero-order chi connectivity index (χ0) is 15.6. The lowest BCUT2D eigenvalue weighted by atomic mass is 10.2. The van der Waals surface area contributed by atoms with Gasteiger partial charge in [0, 0.05) is 16.6 Å². The lowest BCUT2D eigenvalue weighted by molar-refractivity contribution is 0.567. The molecular formula is C13H9BrClF2NO2S. The Morgan fingerprint density at radius 3 is 2.38 bits per heavy atom. The van der Waals surface area contributed by atoms with Gasteiger partial charge in [0.15, 0.2) is 0 Å². The van der Waals surface area contributed by atoms with Gasteiger partial charge in [0.2, 0.25) is 10.0 Å². The molecule has 2 aromatic rings. The van der Waals surface area contributed by atoms with E-state index in [0.717, 1.165) is 12.1 Å². The molecular weight excluding hydrogens is 388 g/mol. The average Bonchev–Trinajstić information content (AvgIpc) is 2.43. The predicted octanol–water partition coefficient (Wildman–Crippen LogP) is 3.86. The summed E-state index contributed by atoms with van der Waals surface area (Å²) in [6, 6.07) is 7.92. The summed E-state index contributed by atoms with van der Waals surface area (Å²) in [5.74, 6) is -1.59. The number of halogens is 4. The van der Waals surface area contributed by atoms with Gasteiger partial charge in [0.1, 0.15) is 11.6 Å². The molecule has 0 aliphatic rings.